The number of carbonyl (C=O) groups is 1. The van der Waals surface area contributed by atoms with Crippen LogP contribution in [-0.2, 0) is 20.8 Å². The van der Waals surface area contributed by atoms with Crippen molar-refractivity contribution in [2.75, 3.05) is 58.5 Å². The van der Waals surface area contributed by atoms with Gasteiger partial charge in [0.1, 0.15) is 18.8 Å². The zero-order valence-corrected chi connectivity index (χ0v) is 22.7. The molecule has 1 aromatic heterocycles. The maximum atomic E-state index is 10.5. The summed E-state index contributed by atoms with van der Waals surface area (Å²) in [7, 11) is 2.10. The highest BCUT2D eigenvalue weighted by molar-refractivity contribution is 6.35. The number of hydrogen-bond donors (Lipinski definition) is 2. The average Bonchev–Trinajstić information content (AvgIpc) is 2.90. The molecular formula is C27H31Cl2N5O4. The zero-order chi connectivity index (χ0) is 26.9. The lowest BCUT2D eigenvalue weighted by atomic mass is 9.84. The van der Waals surface area contributed by atoms with Crippen LogP contribution >= 0.6 is 23.2 Å². The Morgan fingerprint density at radius 2 is 1.87 bits per heavy atom. The average molecular weight is 560 g/mol. The third kappa shape index (κ3) is 7.78. The van der Waals surface area contributed by atoms with Crippen LogP contribution < -0.4 is 11.1 Å². The molecule has 3 aromatic rings. The van der Waals surface area contributed by atoms with Crippen LogP contribution in [0.4, 0.5) is 10.6 Å². The fraction of sp³-hybridized carbons (Fsp3) is 0.370. The molecule has 0 unspecified atom stereocenters. The van der Waals surface area contributed by atoms with E-state index >= 15 is 0 Å². The predicted molar refractivity (Wildman–Crippen MR) is 148 cm³/mol. The number of nitrogens with two attached hydrogens (primary N) is 1. The molecule has 1 aliphatic heterocycles. The fourth-order valence-corrected chi connectivity index (χ4v) is 5.00. The molecule has 0 aliphatic carbocycles. The predicted octanol–water partition coefficient (Wildman–Crippen LogP) is 4.57. The second kappa shape index (κ2) is 13.7. The van der Waals surface area contributed by atoms with E-state index in [1.165, 1.54) is 11.1 Å². The minimum atomic E-state index is -0.810. The van der Waals surface area contributed by atoms with E-state index in [9.17, 15) is 4.79 Å². The number of anilines is 1. The molecule has 1 aliphatic rings. The molecule has 0 fully saturated rings. The summed E-state index contributed by atoms with van der Waals surface area (Å²) in [6.45, 7) is 3.96. The minimum Gasteiger partial charge on any atom is -0.447 e. The standard InChI is InChI=1S/C27H31Cl2N5O4/c1-34-15-22(21-12-20(28)13-24(29)23(21)16-34)18-3-2-4-19(11-18)25-14-26(33-17-32-25)31-5-6-36-7-8-37-9-10-38-27(30)35/h2-4,11-14,17,22H,5-10,15-16H2,1H3,(H2,30,35)(H,31,32,33)/t22-/m0/s1. The Morgan fingerprint density at radius 1 is 1.08 bits per heavy atom. The zero-order valence-electron chi connectivity index (χ0n) is 21.2. The number of nitrogens with zero attached hydrogens (tertiary/aromatic N) is 3. The number of primary amides is 1. The van der Waals surface area contributed by atoms with Crippen LogP contribution in [0.2, 0.25) is 10.0 Å². The molecule has 38 heavy (non-hydrogen) atoms. The maximum absolute atomic E-state index is 10.5. The first-order valence-electron chi connectivity index (χ1n) is 12.3. The number of benzene rings is 2. The van der Waals surface area contributed by atoms with Crippen LogP contribution in [0.3, 0.4) is 0 Å². The number of hydrogen-bond acceptors (Lipinski definition) is 8. The van der Waals surface area contributed by atoms with Crippen LogP contribution in [0.1, 0.15) is 22.6 Å². The van der Waals surface area contributed by atoms with E-state index in [4.69, 9.17) is 38.4 Å². The van der Waals surface area contributed by atoms with Gasteiger partial charge in [-0.1, -0.05) is 41.4 Å². The molecule has 4 rings (SSSR count). The van der Waals surface area contributed by atoms with Crippen molar-refractivity contribution >= 4 is 35.1 Å². The summed E-state index contributed by atoms with van der Waals surface area (Å²) in [5.74, 6) is 0.862. The summed E-state index contributed by atoms with van der Waals surface area (Å²) in [5.41, 5.74) is 10.2. The summed E-state index contributed by atoms with van der Waals surface area (Å²) in [5, 5.41) is 4.62. The van der Waals surface area contributed by atoms with Crippen LogP contribution in [0.5, 0.6) is 0 Å². The molecule has 9 nitrogen and oxygen atoms in total. The maximum Gasteiger partial charge on any atom is 0.404 e. The number of halogens is 2. The van der Waals surface area contributed by atoms with Gasteiger partial charge in [-0.15, -0.1) is 0 Å². The number of amides is 1. The third-order valence-corrected chi connectivity index (χ3v) is 6.70. The first-order valence-corrected chi connectivity index (χ1v) is 13.1. The second-order valence-electron chi connectivity index (χ2n) is 8.94. The topological polar surface area (TPSA) is 112 Å². The van der Waals surface area contributed by atoms with E-state index in [1.54, 1.807) is 6.33 Å². The van der Waals surface area contributed by atoms with Crippen molar-refractivity contribution < 1.29 is 19.0 Å². The van der Waals surface area contributed by atoms with Crippen molar-refractivity contribution in [2.45, 2.75) is 12.5 Å². The monoisotopic (exact) mass is 559 g/mol. The van der Waals surface area contributed by atoms with Gasteiger partial charge in [0.25, 0.3) is 0 Å². The van der Waals surface area contributed by atoms with Crippen molar-refractivity contribution in [2.24, 2.45) is 5.73 Å². The van der Waals surface area contributed by atoms with Gasteiger partial charge in [-0.3, -0.25) is 0 Å². The Bertz CT molecular complexity index is 1250. The van der Waals surface area contributed by atoms with Gasteiger partial charge >= 0.3 is 6.09 Å². The van der Waals surface area contributed by atoms with E-state index in [0.717, 1.165) is 29.9 Å². The van der Waals surface area contributed by atoms with E-state index in [1.807, 2.05) is 24.3 Å². The highest BCUT2D eigenvalue weighted by Gasteiger charge is 2.27. The highest BCUT2D eigenvalue weighted by Crippen LogP contribution is 2.39. The Labute approximate surface area is 232 Å². The van der Waals surface area contributed by atoms with Gasteiger partial charge < -0.3 is 30.2 Å². The molecule has 1 atom stereocenters. The Kier molecular flexibility index (Phi) is 10.1. The van der Waals surface area contributed by atoms with Crippen LogP contribution in [-0.4, -0.2) is 74.1 Å². The smallest absolute Gasteiger partial charge is 0.404 e. The van der Waals surface area contributed by atoms with Gasteiger partial charge in [0.05, 0.1) is 32.1 Å². The summed E-state index contributed by atoms with van der Waals surface area (Å²) in [6, 6.07) is 14.2. The number of fused-ring (bicyclic) bond motifs is 1. The fourth-order valence-electron chi connectivity index (χ4n) is 4.43. The summed E-state index contributed by atoms with van der Waals surface area (Å²) < 4.78 is 15.4. The SMILES string of the molecule is CN1Cc2c(Cl)cc(Cl)cc2[C@H](c2cccc(-c3cc(NCCOCCOCCOC(N)=O)ncn3)c2)C1. The first-order chi connectivity index (χ1) is 18.4. The molecule has 2 aromatic carbocycles. The van der Waals surface area contributed by atoms with Crippen molar-refractivity contribution in [1.82, 2.24) is 14.9 Å². The molecule has 0 bridgehead atoms. The van der Waals surface area contributed by atoms with Crippen molar-refractivity contribution in [3.8, 4) is 11.3 Å². The summed E-state index contributed by atoms with van der Waals surface area (Å²) in [4.78, 5) is 21.6. The van der Waals surface area contributed by atoms with Gasteiger partial charge in [-0.25, -0.2) is 14.8 Å². The molecule has 0 saturated carbocycles. The number of rotatable bonds is 12. The number of nitrogens with one attached hydrogen (secondary N) is 1. The molecule has 11 heteroatoms. The summed E-state index contributed by atoms with van der Waals surface area (Å²) >= 11 is 12.9. The normalized spacial score (nSPS) is 15.2. The number of carbonyl (C=O) groups excluding carboxylic acids is 1. The molecule has 202 valence electrons. The Hall–Kier alpha value is -2.95. The lowest BCUT2D eigenvalue weighted by Gasteiger charge is -2.33. The van der Waals surface area contributed by atoms with Gasteiger partial charge in [0.15, 0.2) is 0 Å². The van der Waals surface area contributed by atoms with E-state index in [2.05, 4.69) is 50.2 Å². The largest absolute Gasteiger partial charge is 0.447 e. The van der Waals surface area contributed by atoms with E-state index in [-0.39, 0.29) is 19.1 Å². The highest BCUT2D eigenvalue weighted by atomic mass is 35.5. The van der Waals surface area contributed by atoms with Gasteiger partial charge in [0, 0.05) is 47.2 Å². The Morgan fingerprint density at radius 3 is 2.68 bits per heavy atom. The van der Waals surface area contributed by atoms with E-state index < -0.39 is 6.09 Å². The van der Waals surface area contributed by atoms with Gasteiger partial charge in [-0.05, 0) is 41.9 Å². The van der Waals surface area contributed by atoms with Crippen LogP contribution in [0, 0.1) is 0 Å². The molecule has 0 radical (unpaired) electrons. The molecule has 3 N–H and O–H groups in total. The van der Waals surface area contributed by atoms with Gasteiger partial charge in [-0.2, -0.15) is 0 Å². The third-order valence-electron chi connectivity index (χ3n) is 6.14. The Balaban J connectivity index is 1.34. The molecule has 2 heterocycles. The quantitative estimate of drug-likeness (QED) is 0.310. The van der Waals surface area contributed by atoms with E-state index in [0.29, 0.717) is 42.2 Å². The number of aromatic nitrogens is 2. The molecule has 0 saturated heterocycles. The lowest BCUT2D eigenvalue weighted by molar-refractivity contribution is 0.0319. The van der Waals surface area contributed by atoms with Crippen LogP contribution in [0.25, 0.3) is 11.3 Å². The second-order valence-corrected chi connectivity index (χ2v) is 9.78. The lowest BCUT2D eigenvalue weighted by Crippen LogP contribution is -2.31. The van der Waals surface area contributed by atoms with Crippen molar-refractivity contribution in [1.29, 1.82) is 0 Å². The molecule has 0 spiro atoms. The number of ether oxygens (including phenoxy) is 3. The van der Waals surface area contributed by atoms with Gasteiger partial charge in [0.2, 0.25) is 0 Å². The number of likely N-dealkylation sites (N-methyl/N-ethyl adjacent to an activating group) is 1. The minimum absolute atomic E-state index is 0.129. The molecular weight excluding hydrogens is 529 g/mol. The molecule has 1 amide bonds. The van der Waals surface area contributed by atoms with Crippen LogP contribution in [0.15, 0.2) is 48.8 Å². The first kappa shape index (κ1) is 28.1. The van der Waals surface area contributed by atoms with Crippen molar-refractivity contribution in [3.63, 3.8) is 0 Å². The summed E-state index contributed by atoms with van der Waals surface area (Å²) in [6.07, 6.45) is 0.742. The van der Waals surface area contributed by atoms with Crippen molar-refractivity contribution in [3.05, 3.63) is 75.5 Å².